The minimum Gasteiger partial charge on any atom is -0.358 e. The van der Waals surface area contributed by atoms with Crippen LogP contribution in [0.1, 0.15) is 43.0 Å². The number of aromatic nitrogens is 2. The van der Waals surface area contributed by atoms with E-state index in [4.69, 9.17) is 0 Å². The zero-order valence-corrected chi connectivity index (χ0v) is 14.4. The molecule has 2 fully saturated rings. The van der Waals surface area contributed by atoms with Crippen LogP contribution < -0.4 is 5.32 Å². The molecule has 1 saturated carbocycles. The lowest BCUT2D eigenvalue weighted by Crippen LogP contribution is -2.34. The number of carbonyl (C=O) groups is 1. The van der Waals surface area contributed by atoms with Gasteiger partial charge in [0.1, 0.15) is 17.7 Å². The van der Waals surface area contributed by atoms with E-state index in [1.54, 1.807) is 6.20 Å². The summed E-state index contributed by atoms with van der Waals surface area (Å²) in [7, 11) is 0. The summed E-state index contributed by atoms with van der Waals surface area (Å²) in [6.07, 6.45) is 7.01. The highest BCUT2D eigenvalue weighted by Crippen LogP contribution is 2.38. The van der Waals surface area contributed by atoms with Gasteiger partial charge in [-0.1, -0.05) is 30.3 Å². The number of aryl methyl sites for hydroxylation is 1. The van der Waals surface area contributed by atoms with Crippen molar-refractivity contribution in [2.24, 2.45) is 0 Å². The Morgan fingerprint density at radius 2 is 1.96 bits per heavy atom. The molecule has 1 aliphatic carbocycles. The van der Waals surface area contributed by atoms with Crippen molar-refractivity contribution in [3.8, 4) is 0 Å². The number of rotatable bonds is 7. The Balaban J connectivity index is 1.28. The normalized spacial score (nSPS) is 20.1. The summed E-state index contributed by atoms with van der Waals surface area (Å²) in [5.41, 5.74) is 1.33. The van der Waals surface area contributed by atoms with Crippen molar-refractivity contribution in [2.75, 3.05) is 18.4 Å². The first-order chi connectivity index (χ1) is 12.3. The van der Waals surface area contributed by atoms with Crippen LogP contribution >= 0.6 is 0 Å². The summed E-state index contributed by atoms with van der Waals surface area (Å²) in [6.45, 7) is 1.65. The van der Waals surface area contributed by atoms with Gasteiger partial charge in [-0.15, -0.1) is 0 Å². The van der Waals surface area contributed by atoms with E-state index in [9.17, 15) is 4.79 Å². The van der Waals surface area contributed by atoms with Crippen molar-refractivity contribution in [2.45, 2.75) is 44.1 Å². The molecule has 1 atom stereocenters. The number of nitrogens with zero attached hydrogens (tertiary/aromatic N) is 3. The van der Waals surface area contributed by atoms with Gasteiger partial charge in [0.25, 0.3) is 0 Å². The first-order valence-electron chi connectivity index (χ1n) is 9.22. The fourth-order valence-electron chi connectivity index (χ4n) is 3.38. The minimum absolute atomic E-state index is 0.154. The van der Waals surface area contributed by atoms with Gasteiger partial charge in [0.05, 0.1) is 0 Å². The molecule has 5 heteroatoms. The molecule has 2 aromatic rings. The summed E-state index contributed by atoms with van der Waals surface area (Å²) in [4.78, 5) is 23.5. The van der Waals surface area contributed by atoms with E-state index < -0.39 is 0 Å². The second kappa shape index (κ2) is 7.21. The SMILES string of the molecule is O=C1C(Nc2ccnc(C3CC3)n2)CCN1CCCc1ccccc1. The molecule has 0 spiro atoms. The highest BCUT2D eigenvalue weighted by Gasteiger charge is 2.32. The lowest BCUT2D eigenvalue weighted by Gasteiger charge is -2.17. The van der Waals surface area contributed by atoms with Crippen LogP contribution in [0.15, 0.2) is 42.6 Å². The number of nitrogens with one attached hydrogen (secondary N) is 1. The molecule has 130 valence electrons. The number of benzene rings is 1. The molecular formula is C20H24N4O. The number of hydrogen-bond donors (Lipinski definition) is 1. The fraction of sp³-hybridized carbons (Fsp3) is 0.450. The molecule has 1 aromatic carbocycles. The standard InChI is InChI=1S/C20H24N4O/c25-20-17(22-18-10-12-21-19(23-18)16-8-9-16)11-14-24(20)13-4-7-15-5-2-1-3-6-15/h1-3,5-6,10,12,16-17H,4,7-9,11,13-14H2,(H,21,22,23). The number of hydrogen-bond acceptors (Lipinski definition) is 4. The molecule has 0 bridgehead atoms. The van der Waals surface area contributed by atoms with Gasteiger partial charge < -0.3 is 10.2 Å². The molecule has 1 amide bonds. The molecule has 2 heterocycles. The molecule has 5 nitrogen and oxygen atoms in total. The smallest absolute Gasteiger partial charge is 0.245 e. The number of likely N-dealkylation sites (tertiary alicyclic amines) is 1. The highest BCUT2D eigenvalue weighted by molar-refractivity contribution is 5.86. The Morgan fingerprint density at radius 1 is 1.12 bits per heavy atom. The van der Waals surface area contributed by atoms with E-state index in [0.717, 1.165) is 44.0 Å². The third kappa shape index (κ3) is 3.98. The van der Waals surface area contributed by atoms with Crippen LogP contribution in [0, 0.1) is 0 Å². The van der Waals surface area contributed by atoms with Crippen LogP contribution in [0.4, 0.5) is 5.82 Å². The predicted octanol–water partition coefficient (Wildman–Crippen LogP) is 3.00. The Hall–Kier alpha value is -2.43. The van der Waals surface area contributed by atoms with Crippen molar-refractivity contribution < 1.29 is 4.79 Å². The monoisotopic (exact) mass is 336 g/mol. The van der Waals surface area contributed by atoms with E-state index in [1.807, 2.05) is 17.0 Å². The van der Waals surface area contributed by atoms with Gasteiger partial charge in [0.15, 0.2) is 0 Å². The van der Waals surface area contributed by atoms with Crippen LogP contribution in [-0.2, 0) is 11.2 Å². The third-order valence-electron chi connectivity index (χ3n) is 4.97. The van der Waals surface area contributed by atoms with Crippen molar-refractivity contribution in [1.82, 2.24) is 14.9 Å². The topological polar surface area (TPSA) is 58.1 Å². The maximum atomic E-state index is 12.6. The van der Waals surface area contributed by atoms with Gasteiger partial charge >= 0.3 is 0 Å². The molecule has 1 unspecified atom stereocenters. The van der Waals surface area contributed by atoms with Gasteiger partial charge in [0, 0.05) is 25.2 Å². The summed E-state index contributed by atoms with van der Waals surface area (Å²) in [5.74, 6) is 2.41. The molecule has 0 radical (unpaired) electrons. The Morgan fingerprint density at radius 3 is 2.76 bits per heavy atom. The number of amides is 1. The number of anilines is 1. The Labute approximate surface area is 148 Å². The van der Waals surface area contributed by atoms with E-state index in [1.165, 1.54) is 18.4 Å². The molecule has 1 aromatic heterocycles. The van der Waals surface area contributed by atoms with Crippen LogP contribution in [0.25, 0.3) is 0 Å². The zero-order chi connectivity index (χ0) is 17.1. The van der Waals surface area contributed by atoms with Crippen LogP contribution in [-0.4, -0.2) is 39.9 Å². The molecule has 2 aliphatic rings. The van der Waals surface area contributed by atoms with Crippen molar-refractivity contribution in [3.05, 3.63) is 54.0 Å². The first-order valence-corrected chi connectivity index (χ1v) is 9.22. The highest BCUT2D eigenvalue weighted by atomic mass is 16.2. The fourth-order valence-corrected chi connectivity index (χ4v) is 3.38. The lowest BCUT2D eigenvalue weighted by molar-refractivity contribution is -0.128. The zero-order valence-electron chi connectivity index (χ0n) is 14.4. The van der Waals surface area contributed by atoms with E-state index in [0.29, 0.717) is 5.92 Å². The molecule has 1 saturated heterocycles. The summed E-state index contributed by atoms with van der Waals surface area (Å²) in [6, 6.07) is 12.1. The molecule has 1 N–H and O–H groups in total. The summed E-state index contributed by atoms with van der Waals surface area (Å²) < 4.78 is 0. The third-order valence-corrected chi connectivity index (χ3v) is 4.97. The Bertz CT molecular complexity index is 729. The van der Waals surface area contributed by atoms with Crippen molar-refractivity contribution in [1.29, 1.82) is 0 Å². The second-order valence-electron chi connectivity index (χ2n) is 6.97. The van der Waals surface area contributed by atoms with Crippen molar-refractivity contribution >= 4 is 11.7 Å². The Kier molecular flexibility index (Phi) is 4.63. The molecule has 25 heavy (non-hydrogen) atoms. The largest absolute Gasteiger partial charge is 0.358 e. The first kappa shape index (κ1) is 16.1. The van der Waals surface area contributed by atoms with E-state index in [-0.39, 0.29) is 11.9 Å². The molecular weight excluding hydrogens is 312 g/mol. The van der Waals surface area contributed by atoms with Crippen LogP contribution in [0.5, 0.6) is 0 Å². The van der Waals surface area contributed by atoms with Crippen LogP contribution in [0.2, 0.25) is 0 Å². The second-order valence-corrected chi connectivity index (χ2v) is 6.97. The molecule has 4 rings (SSSR count). The van der Waals surface area contributed by atoms with Gasteiger partial charge in [-0.25, -0.2) is 9.97 Å². The van der Waals surface area contributed by atoms with Crippen LogP contribution in [0.3, 0.4) is 0 Å². The van der Waals surface area contributed by atoms with E-state index >= 15 is 0 Å². The van der Waals surface area contributed by atoms with E-state index in [2.05, 4.69) is 39.6 Å². The van der Waals surface area contributed by atoms with Gasteiger partial charge in [-0.05, 0) is 43.7 Å². The maximum absolute atomic E-state index is 12.6. The predicted molar refractivity (Wildman–Crippen MR) is 97.4 cm³/mol. The lowest BCUT2D eigenvalue weighted by atomic mass is 10.1. The average Bonchev–Trinajstić information content (AvgIpc) is 3.44. The maximum Gasteiger partial charge on any atom is 0.245 e. The van der Waals surface area contributed by atoms with Gasteiger partial charge in [0.2, 0.25) is 5.91 Å². The average molecular weight is 336 g/mol. The summed E-state index contributed by atoms with van der Waals surface area (Å²) in [5, 5.41) is 3.31. The summed E-state index contributed by atoms with van der Waals surface area (Å²) >= 11 is 0. The molecule has 1 aliphatic heterocycles. The van der Waals surface area contributed by atoms with Crippen molar-refractivity contribution in [3.63, 3.8) is 0 Å². The van der Waals surface area contributed by atoms with Gasteiger partial charge in [-0.3, -0.25) is 4.79 Å². The quantitative estimate of drug-likeness (QED) is 0.844. The minimum atomic E-state index is -0.154. The number of carbonyl (C=O) groups excluding carboxylic acids is 1. The van der Waals surface area contributed by atoms with Gasteiger partial charge in [-0.2, -0.15) is 0 Å².